The molecule has 2 N–H and O–H groups in total. The summed E-state index contributed by atoms with van der Waals surface area (Å²) in [6, 6.07) is 5.99. The number of thiazole rings is 1. The highest BCUT2D eigenvalue weighted by Gasteiger charge is 2.37. The van der Waals surface area contributed by atoms with E-state index in [1.807, 2.05) is 14.0 Å². The molecule has 30 heavy (non-hydrogen) atoms. The van der Waals surface area contributed by atoms with Gasteiger partial charge in [0.2, 0.25) is 5.91 Å². The van der Waals surface area contributed by atoms with E-state index in [-0.39, 0.29) is 21.9 Å². The number of aryl methyl sites for hydroxylation is 1. The summed E-state index contributed by atoms with van der Waals surface area (Å²) in [6.45, 7) is 2.79. The molecule has 1 aromatic heterocycles. The lowest BCUT2D eigenvalue weighted by Crippen LogP contribution is -2.37. The van der Waals surface area contributed by atoms with Crippen molar-refractivity contribution in [3.8, 4) is 0 Å². The van der Waals surface area contributed by atoms with Gasteiger partial charge in [-0.05, 0) is 25.5 Å². The first-order valence-corrected chi connectivity index (χ1v) is 11.4. The van der Waals surface area contributed by atoms with Crippen LogP contribution in [0.15, 0.2) is 41.1 Å². The van der Waals surface area contributed by atoms with Crippen molar-refractivity contribution in [3.05, 3.63) is 46.6 Å². The highest BCUT2D eigenvalue weighted by molar-refractivity contribution is 7.89. The summed E-state index contributed by atoms with van der Waals surface area (Å²) in [5, 5.41) is 13.2. The Morgan fingerprint density at radius 3 is 2.50 bits per heavy atom. The lowest BCUT2D eigenvalue weighted by molar-refractivity contribution is -0.126. The Kier molecular flexibility index (Phi) is 6.13. The van der Waals surface area contributed by atoms with Crippen molar-refractivity contribution >= 4 is 44.1 Å². The highest BCUT2D eigenvalue weighted by Crippen LogP contribution is 2.34. The molecule has 2 aliphatic rings. The standard InChI is InChI=1S/C14H13N3O4S2.C5H9NO/c1-8-7-15-14(22-8)16-13(19)11-12(18)9-5-3-4-6-10(9)23(20,21)17(11)2;1-6-4-2-3-5(6)7/h3-7,18H,1-2H3,(H,15,16,19);2-4H2,1H3. The van der Waals surface area contributed by atoms with Crippen LogP contribution in [0.25, 0.3) is 5.76 Å². The van der Waals surface area contributed by atoms with Crippen LogP contribution in [0.4, 0.5) is 5.13 Å². The van der Waals surface area contributed by atoms with Crippen molar-refractivity contribution in [1.82, 2.24) is 14.2 Å². The first kappa shape index (κ1) is 21.8. The number of aliphatic hydroxyl groups excluding tert-OH is 1. The van der Waals surface area contributed by atoms with Gasteiger partial charge in [0.05, 0.1) is 4.90 Å². The minimum atomic E-state index is -3.90. The molecule has 2 aromatic rings. The van der Waals surface area contributed by atoms with Crippen LogP contribution < -0.4 is 5.32 Å². The Bertz CT molecular complexity index is 1120. The Labute approximate surface area is 178 Å². The second-order valence-electron chi connectivity index (χ2n) is 6.81. The second-order valence-corrected chi connectivity index (χ2v) is 9.99. The highest BCUT2D eigenvalue weighted by atomic mass is 32.2. The molecule has 0 aliphatic carbocycles. The summed E-state index contributed by atoms with van der Waals surface area (Å²) in [4.78, 5) is 29.5. The van der Waals surface area contributed by atoms with Gasteiger partial charge < -0.3 is 10.0 Å². The normalized spacial score (nSPS) is 17.4. The third-order valence-electron chi connectivity index (χ3n) is 4.69. The third kappa shape index (κ3) is 4.17. The van der Waals surface area contributed by atoms with Gasteiger partial charge in [-0.3, -0.25) is 19.2 Å². The van der Waals surface area contributed by atoms with Crippen molar-refractivity contribution in [2.75, 3.05) is 26.0 Å². The average Bonchev–Trinajstić information content (AvgIpc) is 3.28. The molecule has 3 heterocycles. The van der Waals surface area contributed by atoms with E-state index in [0.29, 0.717) is 11.0 Å². The molecule has 2 amide bonds. The first-order chi connectivity index (χ1) is 14.1. The van der Waals surface area contributed by atoms with E-state index < -0.39 is 15.9 Å². The Balaban J connectivity index is 0.000000310. The summed E-state index contributed by atoms with van der Waals surface area (Å²) in [7, 11) is -0.829. The maximum Gasteiger partial charge on any atom is 0.278 e. The minimum Gasteiger partial charge on any atom is -0.505 e. The number of benzene rings is 1. The molecule has 0 bridgehead atoms. The number of sulfonamides is 1. The van der Waals surface area contributed by atoms with Gasteiger partial charge in [0.15, 0.2) is 16.6 Å². The molecule has 0 atom stereocenters. The number of carbonyl (C=O) groups excluding carboxylic acids is 2. The number of hydrogen-bond donors (Lipinski definition) is 2. The fourth-order valence-corrected chi connectivity index (χ4v) is 5.09. The quantitative estimate of drug-likeness (QED) is 0.724. The molecular formula is C19H22N4O5S2. The van der Waals surface area contributed by atoms with Gasteiger partial charge in [-0.1, -0.05) is 12.1 Å². The summed E-state index contributed by atoms with van der Waals surface area (Å²) in [5.74, 6) is -0.832. The van der Waals surface area contributed by atoms with E-state index in [1.54, 1.807) is 23.2 Å². The fourth-order valence-electron chi connectivity index (χ4n) is 3.03. The summed E-state index contributed by atoms with van der Waals surface area (Å²) < 4.78 is 25.8. The van der Waals surface area contributed by atoms with E-state index in [9.17, 15) is 23.1 Å². The van der Waals surface area contributed by atoms with Crippen LogP contribution in [0.2, 0.25) is 0 Å². The van der Waals surface area contributed by atoms with Crippen molar-refractivity contribution in [1.29, 1.82) is 0 Å². The zero-order valence-electron chi connectivity index (χ0n) is 16.7. The van der Waals surface area contributed by atoms with E-state index in [1.165, 1.54) is 30.5 Å². The van der Waals surface area contributed by atoms with Crippen LogP contribution in [0, 0.1) is 6.92 Å². The molecule has 11 heteroatoms. The average molecular weight is 451 g/mol. The number of fused-ring (bicyclic) bond motifs is 1. The van der Waals surface area contributed by atoms with Crippen LogP contribution in [0.3, 0.4) is 0 Å². The van der Waals surface area contributed by atoms with Crippen LogP contribution in [0.5, 0.6) is 0 Å². The lowest BCUT2D eigenvalue weighted by atomic mass is 10.1. The van der Waals surface area contributed by atoms with Gasteiger partial charge in [-0.15, -0.1) is 11.3 Å². The number of nitrogens with one attached hydrogen (secondary N) is 1. The van der Waals surface area contributed by atoms with Gasteiger partial charge in [0.1, 0.15) is 0 Å². The number of nitrogens with zero attached hydrogens (tertiary/aromatic N) is 3. The SMILES string of the molecule is CN1CCCC1=O.Cc1cnc(NC(=O)C2=C(O)c3ccccc3S(=O)(=O)N2C)s1. The summed E-state index contributed by atoms with van der Waals surface area (Å²) in [6.07, 6.45) is 3.40. The van der Waals surface area contributed by atoms with E-state index in [0.717, 1.165) is 28.6 Å². The van der Waals surface area contributed by atoms with Crippen molar-refractivity contribution in [2.24, 2.45) is 0 Å². The predicted molar refractivity (Wildman–Crippen MR) is 113 cm³/mol. The molecule has 1 aromatic carbocycles. The largest absolute Gasteiger partial charge is 0.505 e. The lowest BCUT2D eigenvalue weighted by Gasteiger charge is -2.28. The van der Waals surface area contributed by atoms with Crippen molar-refractivity contribution in [3.63, 3.8) is 0 Å². The van der Waals surface area contributed by atoms with Gasteiger partial charge in [-0.2, -0.15) is 0 Å². The van der Waals surface area contributed by atoms with Gasteiger partial charge in [-0.25, -0.2) is 13.4 Å². The number of aromatic nitrogens is 1. The van der Waals surface area contributed by atoms with E-state index in [2.05, 4.69) is 10.3 Å². The summed E-state index contributed by atoms with van der Waals surface area (Å²) >= 11 is 1.25. The monoisotopic (exact) mass is 450 g/mol. The molecule has 1 saturated heterocycles. The maximum atomic E-state index is 12.5. The number of likely N-dealkylation sites (N-methyl/N-ethyl adjacent to an activating group) is 1. The molecule has 0 spiro atoms. The molecule has 4 rings (SSSR count). The van der Waals surface area contributed by atoms with Crippen LogP contribution in [-0.4, -0.2) is 60.2 Å². The third-order valence-corrected chi connectivity index (χ3v) is 7.33. The Morgan fingerprint density at radius 2 is 1.97 bits per heavy atom. The van der Waals surface area contributed by atoms with E-state index >= 15 is 0 Å². The topological polar surface area (TPSA) is 120 Å². The molecule has 0 radical (unpaired) electrons. The number of hydrogen-bond acceptors (Lipinski definition) is 7. The number of aliphatic hydroxyl groups is 1. The van der Waals surface area contributed by atoms with Gasteiger partial charge in [0.25, 0.3) is 15.9 Å². The maximum absolute atomic E-state index is 12.5. The number of anilines is 1. The number of rotatable bonds is 2. The number of amides is 2. The fraction of sp³-hybridized carbons (Fsp3) is 0.316. The molecular weight excluding hydrogens is 428 g/mol. The minimum absolute atomic E-state index is 0.0401. The molecule has 2 aliphatic heterocycles. The number of carbonyl (C=O) groups is 2. The Hall–Kier alpha value is -2.92. The summed E-state index contributed by atoms with van der Waals surface area (Å²) in [5.41, 5.74) is -0.234. The van der Waals surface area contributed by atoms with Crippen LogP contribution in [0.1, 0.15) is 23.3 Å². The van der Waals surface area contributed by atoms with Gasteiger partial charge in [0, 0.05) is 43.7 Å². The Morgan fingerprint density at radius 1 is 1.27 bits per heavy atom. The number of likely N-dealkylation sites (tertiary alicyclic amines) is 1. The molecule has 0 unspecified atom stereocenters. The van der Waals surface area contributed by atoms with Gasteiger partial charge >= 0.3 is 0 Å². The van der Waals surface area contributed by atoms with E-state index in [4.69, 9.17) is 0 Å². The first-order valence-electron chi connectivity index (χ1n) is 9.12. The van der Waals surface area contributed by atoms with Crippen molar-refractivity contribution in [2.45, 2.75) is 24.7 Å². The van der Waals surface area contributed by atoms with Crippen LogP contribution >= 0.6 is 11.3 Å². The van der Waals surface area contributed by atoms with Crippen molar-refractivity contribution < 1.29 is 23.1 Å². The molecule has 9 nitrogen and oxygen atoms in total. The zero-order valence-corrected chi connectivity index (χ0v) is 18.4. The smallest absolute Gasteiger partial charge is 0.278 e. The molecule has 0 saturated carbocycles. The second kappa shape index (κ2) is 8.44. The predicted octanol–water partition coefficient (Wildman–Crippen LogP) is 2.19. The van der Waals surface area contributed by atoms with Crippen LogP contribution in [-0.2, 0) is 19.6 Å². The molecule has 160 valence electrons. The molecule has 1 fully saturated rings. The zero-order chi connectivity index (χ0) is 22.1.